The number of benzene rings is 1. The molecule has 0 aliphatic carbocycles. The van der Waals surface area contributed by atoms with E-state index in [4.69, 9.17) is 14.2 Å². The molecule has 7 nitrogen and oxygen atoms in total. The zero-order valence-corrected chi connectivity index (χ0v) is 14.2. The third kappa shape index (κ3) is 5.12. The molecule has 0 bridgehead atoms. The summed E-state index contributed by atoms with van der Waals surface area (Å²) < 4.78 is 19.7. The van der Waals surface area contributed by atoms with Gasteiger partial charge in [-0.05, 0) is 12.1 Å². The number of carbonyl (C=O) groups excluding carboxylic acids is 2. The van der Waals surface area contributed by atoms with Gasteiger partial charge < -0.3 is 18.9 Å². The Kier molecular flexibility index (Phi) is 7.48. The fraction of sp³-hybridized carbons (Fsp3) is 0.353. The van der Waals surface area contributed by atoms with Gasteiger partial charge in [-0.2, -0.15) is 0 Å². The van der Waals surface area contributed by atoms with E-state index in [2.05, 4.69) is 16.3 Å². The van der Waals surface area contributed by atoms with Gasteiger partial charge in [0, 0.05) is 29.8 Å². The normalized spacial score (nSPS) is 11.7. The molecule has 7 heteroatoms. The largest absolute Gasteiger partial charge is 0.497 e. The lowest BCUT2D eigenvalue weighted by molar-refractivity contribution is -0.142. The van der Waals surface area contributed by atoms with Crippen molar-refractivity contribution in [3.8, 4) is 11.5 Å². The maximum absolute atomic E-state index is 11.9. The molecular weight excluding hydrogens is 314 g/mol. The summed E-state index contributed by atoms with van der Waals surface area (Å²) in [7, 11) is 5.56. The monoisotopic (exact) mass is 335 g/mol. The predicted molar refractivity (Wildman–Crippen MR) is 88.7 cm³/mol. The van der Waals surface area contributed by atoms with E-state index in [1.54, 1.807) is 25.3 Å². The Balaban J connectivity index is 3.01. The molecule has 0 aromatic heterocycles. The van der Waals surface area contributed by atoms with Gasteiger partial charge in [0.25, 0.3) is 0 Å². The number of esters is 2. The summed E-state index contributed by atoms with van der Waals surface area (Å²) in [5.74, 6) is -0.00832. The van der Waals surface area contributed by atoms with Crippen LogP contribution in [0.2, 0.25) is 0 Å². The van der Waals surface area contributed by atoms with Crippen molar-refractivity contribution >= 4 is 18.2 Å². The first-order valence-corrected chi connectivity index (χ1v) is 7.05. The highest BCUT2D eigenvalue weighted by molar-refractivity contribution is 5.90. The van der Waals surface area contributed by atoms with E-state index in [-0.39, 0.29) is 12.0 Å². The van der Waals surface area contributed by atoms with Gasteiger partial charge in [-0.15, -0.1) is 0 Å². The molecule has 0 saturated carbocycles. The fourth-order valence-corrected chi connectivity index (χ4v) is 1.89. The molecule has 0 radical (unpaired) electrons. The first-order valence-electron chi connectivity index (χ1n) is 7.05. The Bertz CT molecular complexity index is 638. The molecule has 0 spiro atoms. The van der Waals surface area contributed by atoms with Crippen molar-refractivity contribution in [3.63, 3.8) is 0 Å². The number of carbonyl (C=O) groups is 2. The smallest absolute Gasteiger partial charge is 0.333 e. The van der Waals surface area contributed by atoms with Gasteiger partial charge in [0.05, 0.1) is 28.4 Å². The van der Waals surface area contributed by atoms with E-state index in [9.17, 15) is 9.59 Å². The van der Waals surface area contributed by atoms with Crippen LogP contribution in [0.25, 0.3) is 0 Å². The number of hydrogen-bond donors (Lipinski definition) is 0. The zero-order chi connectivity index (χ0) is 18.1. The van der Waals surface area contributed by atoms with Crippen LogP contribution in [0.3, 0.4) is 0 Å². The van der Waals surface area contributed by atoms with Gasteiger partial charge in [0.15, 0.2) is 6.04 Å². The van der Waals surface area contributed by atoms with Crippen LogP contribution >= 0.6 is 0 Å². The van der Waals surface area contributed by atoms with E-state index in [0.29, 0.717) is 17.1 Å². The summed E-state index contributed by atoms with van der Waals surface area (Å²) in [6.45, 7) is 3.60. The third-order valence-electron chi connectivity index (χ3n) is 3.22. The lowest BCUT2D eigenvalue weighted by Crippen LogP contribution is -2.23. The van der Waals surface area contributed by atoms with Crippen LogP contribution in [-0.2, 0) is 19.1 Å². The van der Waals surface area contributed by atoms with E-state index < -0.39 is 18.0 Å². The van der Waals surface area contributed by atoms with Gasteiger partial charge in [-0.25, -0.2) is 9.59 Å². The molecule has 0 amide bonds. The van der Waals surface area contributed by atoms with Gasteiger partial charge in [0.2, 0.25) is 0 Å². The Morgan fingerprint density at radius 3 is 2.42 bits per heavy atom. The second-order valence-corrected chi connectivity index (χ2v) is 4.72. The second-order valence-electron chi connectivity index (χ2n) is 4.72. The van der Waals surface area contributed by atoms with Crippen LogP contribution in [0, 0.1) is 0 Å². The Hall–Kier alpha value is -2.83. The predicted octanol–water partition coefficient (Wildman–Crippen LogP) is 1.78. The lowest BCUT2D eigenvalue weighted by atomic mass is 10.1. The summed E-state index contributed by atoms with van der Waals surface area (Å²) in [5.41, 5.74) is 0.780. The maximum Gasteiger partial charge on any atom is 0.333 e. The summed E-state index contributed by atoms with van der Waals surface area (Å²) in [4.78, 5) is 27.5. The molecular formula is C17H21NO6. The minimum Gasteiger partial charge on any atom is -0.497 e. The molecule has 0 aliphatic rings. The Labute approximate surface area is 140 Å². The Morgan fingerprint density at radius 2 is 1.88 bits per heavy atom. The van der Waals surface area contributed by atoms with Gasteiger partial charge >= 0.3 is 11.9 Å². The second kappa shape index (κ2) is 9.34. The van der Waals surface area contributed by atoms with Crippen LogP contribution in [0.15, 0.2) is 35.3 Å². The highest BCUT2D eigenvalue weighted by Crippen LogP contribution is 2.23. The molecule has 1 unspecified atom stereocenters. The molecule has 130 valence electrons. The van der Waals surface area contributed by atoms with E-state index in [1.807, 2.05) is 0 Å². The maximum atomic E-state index is 11.9. The highest BCUT2D eigenvalue weighted by Gasteiger charge is 2.22. The van der Waals surface area contributed by atoms with Crippen LogP contribution in [-0.4, -0.2) is 52.6 Å². The average molecular weight is 335 g/mol. The van der Waals surface area contributed by atoms with Crippen molar-refractivity contribution in [1.29, 1.82) is 0 Å². The molecule has 0 heterocycles. The van der Waals surface area contributed by atoms with Crippen molar-refractivity contribution in [1.82, 2.24) is 0 Å². The van der Waals surface area contributed by atoms with Crippen molar-refractivity contribution in [2.75, 3.05) is 28.4 Å². The molecule has 1 rings (SSSR count). The van der Waals surface area contributed by atoms with Gasteiger partial charge in [0.1, 0.15) is 11.5 Å². The summed E-state index contributed by atoms with van der Waals surface area (Å²) in [6, 6.07) is 4.27. The minimum atomic E-state index is -0.909. The lowest BCUT2D eigenvalue weighted by Gasteiger charge is -2.12. The molecule has 0 saturated heterocycles. The summed E-state index contributed by atoms with van der Waals surface area (Å²) in [5, 5.41) is 0. The molecule has 0 aliphatic heterocycles. The standard InChI is InChI=1S/C17H21NO6/c1-11(16(19)23-4)8-14(17(20)24-5)18-10-12-6-7-13(21-2)9-15(12)22-3/h6-7,9-10,14H,1,8H2,2-5H3. The van der Waals surface area contributed by atoms with Gasteiger partial charge in [-0.1, -0.05) is 6.58 Å². The molecule has 1 atom stereocenters. The first-order chi connectivity index (χ1) is 11.5. The first kappa shape index (κ1) is 19.2. The summed E-state index contributed by atoms with van der Waals surface area (Å²) in [6.07, 6.45) is 1.47. The number of nitrogens with zero attached hydrogens (tertiary/aromatic N) is 1. The molecule has 1 aromatic rings. The van der Waals surface area contributed by atoms with E-state index in [0.717, 1.165) is 0 Å². The van der Waals surface area contributed by atoms with Gasteiger partial charge in [-0.3, -0.25) is 4.99 Å². The minimum absolute atomic E-state index is 0.00564. The average Bonchev–Trinajstić information content (AvgIpc) is 2.63. The number of methoxy groups -OCH3 is 4. The number of ether oxygens (including phenoxy) is 4. The number of rotatable bonds is 8. The fourth-order valence-electron chi connectivity index (χ4n) is 1.89. The third-order valence-corrected chi connectivity index (χ3v) is 3.22. The van der Waals surface area contributed by atoms with E-state index >= 15 is 0 Å². The number of aliphatic imine (C=N–C) groups is 1. The van der Waals surface area contributed by atoms with E-state index in [1.165, 1.54) is 27.5 Å². The topological polar surface area (TPSA) is 83.4 Å². The SMILES string of the molecule is C=C(CC(N=Cc1ccc(OC)cc1OC)C(=O)OC)C(=O)OC. The van der Waals surface area contributed by atoms with Crippen molar-refractivity contribution in [2.45, 2.75) is 12.5 Å². The molecule has 24 heavy (non-hydrogen) atoms. The number of hydrogen-bond acceptors (Lipinski definition) is 7. The van der Waals surface area contributed by atoms with Crippen LogP contribution < -0.4 is 9.47 Å². The quantitative estimate of drug-likeness (QED) is 0.409. The van der Waals surface area contributed by atoms with Crippen molar-refractivity contribution in [2.24, 2.45) is 4.99 Å². The van der Waals surface area contributed by atoms with Crippen LogP contribution in [0.4, 0.5) is 0 Å². The summed E-state index contributed by atoms with van der Waals surface area (Å²) >= 11 is 0. The van der Waals surface area contributed by atoms with Crippen LogP contribution in [0.1, 0.15) is 12.0 Å². The molecule has 0 fully saturated rings. The van der Waals surface area contributed by atoms with Crippen molar-refractivity contribution < 1.29 is 28.5 Å². The Morgan fingerprint density at radius 1 is 1.17 bits per heavy atom. The van der Waals surface area contributed by atoms with Crippen molar-refractivity contribution in [3.05, 3.63) is 35.9 Å². The zero-order valence-electron chi connectivity index (χ0n) is 14.2. The highest BCUT2D eigenvalue weighted by atomic mass is 16.5. The molecule has 1 aromatic carbocycles. The van der Waals surface area contributed by atoms with Crippen LogP contribution in [0.5, 0.6) is 11.5 Å². The molecule has 0 N–H and O–H groups in total.